The number of hydrogen-bond acceptors (Lipinski definition) is 2. The minimum atomic E-state index is -0.778. The fourth-order valence-corrected chi connectivity index (χ4v) is 0.197. The van der Waals surface area contributed by atoms with Crippen LogP contribution in [-0.2, 0) is 0 Å². The fraction of sp³-hybridized carbons (Fsp3) is 0.600. The fourth-order valence-electron chi connectivity index (χ4n) is 0.197. The number of hydrogen-bond donors (Lipinski definition) is 2. The second-order valence-electron chi connectivity index (χ2n) is 1.47. The lowest BCUT2D eigenvalue weighted by molar-refractivity contribution is 0.0621. The summed E-state index contributed by atoms with van der Waals surface area (Å²) >= 11 is 0. The molecule has 0 unspecified atom stereocenters. The zero-order valence-electron chi connectivity index (χ0n) is 4.33. The summed E-state index contributed by atoms with van der Waals surface area (Å²) in [7, 11) is 0. The zero-order valence-corrected chi connectivity index (χ0v) is 4.33. The van der Waals surface area contributed by atoms with Crippen LogP contribution in [0.1, 0.15) is 6.92 Å². The molecule has 2 N–H and O–H groups in total. The van der Waals surface area contributed by atoms with Crippen molar-refractivity contribution in [3.05, 3.63) is 12.7 Å². The maximum Gasteiger partial charge on any atom is 0.0974 e. The van der Waals surface area contributed by atoms with Gasteiger partial charge in [0.2, 0.25) is 0 Å². The first-order valence-corrected chi connectivity index (χ1v) is 2.17. The minimum absolute atomic E-state index is 0.697. The summed E-state index contributed by atoms with van der Waals surface area (Å²) < 4.78 is 0. The van der Waals surface area contributed by atoms with Crippen LogP contribution in [0.5, 0.6) is 0 Å². The molecule has 0 heterocycles. The molecule has 0 aliphatic carbocycles. The molecule has 0 aromatic heterocycles. The van der Waals surface area contributed by atoms with E-state index in [-0.39, 0.29) is 0 Å². The maximum atomic E-state index is 8.57. The van der Waals surface area contributed by atoms with Gasteiger partial charge in [-0.3, -0.25) is 0 Å². The van der Waals surface area contributed by atoms with Crippen molar-refractivity contribution in [2.45, 2.75) is 19.1 Å². The average molecular weight is 102 g/mol. The van der Waals surface area contributed by atoms with Crippen LogP contribution in [-0.4, -0.2) is 22.4 Å². The first kappa shape index (κ1) is 6.66. The monoisotopic (exact) mass is 102 g/mol. The van der Waals surface area contributed by atoms with E-state index in [0.29, 0.717) is 0 Å². The van der Waals surface area contributed by atoms with Gasteiger partial charge < -0.3 is 10.2 Å². The molecule has 0 saturated carbocycles. The van der Waals surface area contributed by atoms with Gasteiger partial charge in [-0.25, -0.2) is 0 Å². The Hall–Kier alpha value is -0.340. The number of aliphatic hydroxyl groups excluding tert-OH is 2. The van der Waals surface area contributed by atoms with Crippen LogP contribution >= 0.6 is 0 Å². The summed E-state index contributed by atoms with van der Waals surface area (Å²) in [6.45, 7) is 4.78. The molecule has 0 radical (unpaired) electrons. The predicted molar refractivity (Wildman–Crippen MR) is 27.9 cm³/mol. The third-order valence-electron chi connectivity index (χ3n) is 0.736. The molecule has 2 nitrogen and oxygen atoms in total. The Kier molecular flexibility index (Phi) is 2.64. The summed E-state index contributed by atoms with van der Waals surface area (Å²) in [4.78, 5) is 0. The van der Waals surface area contributed by atoms with Gasteiger partial charge in [0, 0.05) is 0 Å². The van der Waals surface area contributed by atoms with E-state index in [1.807, 2.05) is 0 Å². The first-order valence-electron chi connectivity index (χ1n) is 2.17. The van der Waals surface area contributed by atoms with Crippen molar-refractivity contribution in [1.82, 2.24) is 0 Å². The molecular formula is C5H10O2. The summed E-state index contributed by atoms with van der Waals surface area (Å²) in [5, 5.41) is 17.1. The average Bonchev–Trinajstić information content (AvgIpc) is 1.65. The molecular weight excluding hydrogens is 92.1 g/mol. The largest absolute Gasteiger partial charge is 0.390 e. The lowest BCUT2D eigenvalue weighted by Crippen LogP contribution is -2.18. The molecule has 0 aliphatic rings. The summed E-state index contributed by atoms with van der Waals surface area (Å²) in [6.07, 6.45) is -0.178. The second-order valence-corrected chi connectivity index (χ2v) is 1.47. The maximum absolute atomic E-state index is 8.57. The van der Waals surface area contributed by atoms with E-state index in [1.165, 1.54) is 13.0 Å². The van der Waals surface area contributed by atoms with Gasteiger partial charge in [0.1, 0.15) is 0 Å². The SMILES string of the molecule is C=C[C@@H](O)[C@H](C)O. The summed E-state index contributed by atoms with van der Waals surface area (Å²) in [6, 6.07) is 0. The van der Waals surface area contributed by atoms with Gasteiger partial charge in [0.05, 0.1) is 12.2 Å². The van der Waals surface area contributed by atoms with E-state index in [0.717, 1.165) is 0 Å². The molecule has 42 valence electrons. The van der Waals surface area contributed by atoms with E-state index < -0.39 is 12.2 Å². The van der Waals surface area contributed by atoms with Crippen molar-refractivity contribution in [3.63, 3.8) is 0 Å². The number of rotatable bonds is 2. The van der Waals surface area contributed by atoms with Crippen LogP contribution in [0, 0.1) is 0 Å². The summed E-state index contributed by atoms with van der Waals surface area (Å²) in [5.41, 5.74) is 0. The van der Waals surface area contributed by atoms with Crippen molar-refractivity contribution in [3.8, 4) is 0 Å². The van der Waals surface area contributed by atoms with Crippen LogP contribution in [0.4, 0.5) is 0 Å². The highest BCUT2D eigenvalue weighted by atomic mass is 16.3. The van der Waals surface area contributed by atoms with Gasteiger partial charge in [-0.15, -0.1) is 6.58 Å². The van der Waals surface area contributed by atoms with Gasteiger partial charge in [0.25, 0.3) is 0 Å². The third-order valence-corrected chi connectivity index (χ3v) is 0.736. The molecule has 0 saturated heterocycles. The molecule has 0 aliphatic heterocycles. The molecule has 0 rings (SSSR count). The van der Waals surface area contributed by atoms with Crippen molar-refractivity contribution < 1.29 is 10.2 Å². The van der Waals surface area contributed by atoms with Crippen LogP contribution < -0.4 is 0 Å². The van der Waals surface area contributed by atoms with Gasteiger partial charge in [-0.2, -0.15) is 0 Å². The first-order chi connectivity index (χ1) is 3.18. The van der Waals surface area contributed by atoms with E-state index in [1.54, 1.807) is 0 Å². The van der Waals surface area contributed by atoms with Crippen molar-refractivity contribution in [2.24, 2.45) is 0 Å². The quantitative estimate of drug-likeness (QED) is 0.478. The van der Waals surface area contributed by atoms with Crippen LogP contribution in [0.25, 0.3) is 0 Å². The lowest BCUT2D eigenvalue weighted by Gasteiger charge is -2.05. The molecule has 0 fully saturated rings. The van der Waals surface area contributed by atoms with Crippen molar-refractivity contribution in [2.75, 3.05) is 0 Å². The van der Waals surface area contributed by atoms with Crippen LogP contribution in [0.2, 0.25) is 0 Å². The predicted octanol–water partition coefficient (Wildman–Crippen LogP) is -0.0859. The highest BCUT2D eigenvalue weighted by Crippen LogP contribution is 1.89. The Morgan fingerprint density at radius 1 is 1.57 bits per heavy atom. The standard InChI is InChI=1S/C5H10O2/c1-3-5(7)4(2)6/h3-7H,1H2,2H3/t4-,5+/m0/s1. The van der Waals surface area contributed by atoms with Gasteiger partial charge >= 0.3 is 0 Å². The Balaban J connectivity index is 3.33. The third kappa shape index (κ3) is 2.37. The van der Waals surface area contributed by atoms with Crippen LogP contribution in [0.15, 0.2) is 12.7 Å². The van der Waals surface area contributed by atoms with Gasteiger partial charge in [-0.05, 0) is 6.92 Å². The zero-order chi connectivity index (χ0) is 5.86. The molecule has 2 heteroatoms. The molecule has 7 heavy (non-hydrogen) atoms. The molecule has 0 aromatic carbocycles. The van der Waals surface area contributed by atoms with Crippen LogP contribution in [0.3, 0.4) is 0 Å². The number of aliphatic hydroxyl groups is 2. The topological polar surface area (TPSA) is 40.5 Å². The molecule has 0 amide bonds. The Labute approximate surface area is 43.1 Å². The molecule has 0 bridgehead atoms. The van der Waals surface area contributed by atoms with Crippen molar-refractivity contribution in [1.29, 1.82) is 0 Å². The smallest absolute Gasteiger partial charge is 0.0974 e. The van der Waals surface area contributed by atoms with E-state index in [4.69, 9.17) is 10.2 Å². The highest BCUT2D eigenvalue weighted by Gasteiger charge is 2.02. The molecule has 0 spiro atoms. The Morgan fingerprint density at radius 3 is 2.00 bits per heavy atom. The van der Waals surface area contributed by atoms with E-state index in [9.17, 15) is 0 Å². The summed E-state index contributed by atoms with van der Waals surface area (Å²) in [5.74, 6) is 0. The lowest BCUT2D eigenvalue weighted by atomic mass is 10.2. The normalized spacial score (nSPS) is 18.1. The molecule has 0 aromatic rings. The second kappa shape index (κ2) is 2.77. The van der Waals surface area contributed by atoms with E-state index >= 15 is 0 Å². The Morgan fingerprint density at radius 2 is 2.00 bits per heavy atom. The highest BCUT2D eigenvalue weighted by molar-refractivity contribution is 4.81. The minimum Gasteiger partial charge on any atom is -0.390 e. The van der Waals surface area contributed by atoms with Gasteiger partial charge in [0.15, 0.2) is 0 Å². The Bertz CT molecular complexity index is 59.1. The van der Waals surface area contributed by atoms with E-state index in [2.05, 4.69) is 6.58 Å². The van der Waals surface area contributed by atoms with Gasteiger partial charge in [-0.1, -0.05) is 6.08 Å². The molecule has 2 atom stereocenters. The van der Waals surface area contributed by atoms with Crippen molar-refractivity contribution >= 4 is 0 Å².